The van der Waals surface area contributed by atoms with Crippen LogP contribution in [0, 0.1) is 0 Å². The van der Waals surface area contributed by atoms with Gasteiger partial charge in [0.2, 0.25) is 11.8 Å². The lowest BCUT2D eigenvalue weighted by Gasteiger charge is -2.22. The van der Waals surface area contributed by atoms with Crippen molar-refractivity contribution in [2.24, 2.45) is 11.5 Å². The molecule has 9 heteroatoms. The molecule has 3 atom stereocenters. The van der Waals surface area contributed by atoms with Crippen LogP contribution in [0.1, 0.15) is 31.7 Å². The number of rotatable bonds is 12. The number of aromatic amines is 1. The molecule has 1 aromatic carbocycles. The molecule has 2 amide bonds. The van der Waals surface area contributed by atoms with E-state index >= 15 is 0 Å². The number of nitrogens with two attached hydrogens (primary N) is 2. The highest BCUT2D eigenvalue weighted by atomic mass is 16.3. The van der Waals surface area contributed by atoms with Crippen LogP contribution in [0.2, 0.25) is 0 Å². The Morgan fingerprint density at radius 2 is 1.80 bits per heavy atom. The first-order valence-electron chi connectivity index (χ1n) is 10.1. The Morgan fingerprint density at radius 3 is 2.47 bits per heavy atom. The number of unbranched alkanes of at least 4 members (excludes halogenated alkanes) is 1. The van der Waals surface area contributed by atoms with Crippen LogP contribution in [0.15, 0.2) is 30.5 Å². The van der Waals surface area contributed by atoms with Crippen molar-refractivity contribution in [2.75, 3.05) is 13.2 Å². The molecule has 0 aliphatic carbocycles. The maximum absolute atomic E-state index is 12.7. The molecule has 2 aromatic rings. The van der Waals surface area contributed by atoms with E-state index in [1.807, 2.05) is 30.5 Å². The monoisotopic (exact) mass is 417 g/mol. The van der Waals surface area contributed by atoms with Gasteiger partial charge < -0.3 is 32.2 Å². The van der Waals surface area contributed by atoms with Crippen LogP contribution in [0.3, 0.4) is 0 Å². The summed E-state index contributed by atoms with van der Waals surface area (Å²) in [6, 6.07) is 4.99. The molecule has 0 aliphatic heterocycles. The Balaban J connectivity index is 2.04. The van der Waals surface area contributed by atoms with E-state index in [1.54, 1.807) is 0 Å². The molecule has 2 rings (SSSR count). The highest BCUT2D eigenvalue weighted by molar-refractivity contribution is 5.93. The van der Waals surface area contributed by atoms with Crippen LogP contribution in [-0.4, -0.2) is 59.0 Å². The molecule has 9 nitrogen and oxygen atoms in total. The summed E-state index contributed by atoms with van der Waals surface area (Å²) in [5, 5.41) is 15.4. The average molecular weight is 418 g/mol. The second kappa shape index (κ2) is 11.4. The summed E-state index contributed by atoms with van der Waals surface area (Å²) in [4.78, 5) is 39.9. The number of carbonyl (C=O) groups excluding carboxylic acids is 3. The molecule has 0 radical (unpaired) electrons. The van der Waals surface area contributed by atoms with E-state index < -0.39 is 36.5 Å². The van der Waals surface area contributed by atoms with Crippen molar-refractivity contribution in [1.29, 1.82) is 0 Å². The number of H-pyrrole nitrogens is 1. The topological polar surface area (TPSA) is 163 Å². The first-order valence-corrected chi connectivity index (χ1v) is 10.1. The van der Waals surface area contributed by atoms with E-state index in [4.69, 9.17) is 11.5 Å². The minimum absolute atomic E-state index is 0.305. The lowest BCUT2D eigenvalue weighted by Crippen LogP contribution is -2.55. The van der Waals surface area contributed by atoms with E-state index in [2.05, 4.69) is 15.6 Å². The highest BCUT2D eigenvalue weighted by Crippen LogP contribution is 2.18. The SMILES string of the molecule is CC(=O)[C@@H](CO)NC(=O)C(CCCCN)NC(=O)[C@@H](N)Cc1c[nH]c2ccccc12. The molecule has 0 spiro atoms. The third-order valence-electron chi connectivity index (χ3n) is 5.02. The fourth-order valence-electron chi connectivity index (χ4n) is 3.22. The average Bonchev–Trinajstić information content (AvgIpc) is 3.13. The van der Waals surface area contributed by atoms with Crippen molar-refractivity contribution < 1.29 is 19.5 Å². The fourth-order valence-corrected chi connectivity index (χ4v) is 3.22. The summed E-state index contributed by atoms with van der Waals surface area (Å²) in [5.41, 5.74) is 13.5. The molecule has 0 fully saturated rings. The summed E-state index contributed by atoms with van der Waals surface area (Å²) in [6.07, 6.45) is 3.79. The second-order valence-electron chi connectivity index (χ2n) is 7.37. The van der Waals surface area contributed by atoms with Crippen LogP contribution in [-0.2, 0) is 20.8 Å². The highest BCUT2D eigenvalue weighted by Gasteiger charge is 2.26. The zero-order chi connectivity index (χ0) is 22.1. The number of carbonyl (C=O) groups is 3. The molecule has 164 valence electrons. The maximum atomic E-state index is 12.7. The van der Waals surface area contributed by atoms with Crippen LogP contribution in [0.25, 0.3) is 10.9 Å². The van der Waals surface area contributed by atoms with Crippen molar-refractivity contribution in [1.82, 2.24) is 15.6 Å². The zero-order valence-corrected chi connectivity index (χ0v) is 17.2. The van der Waals surface area contributed by atoms with Gasteiger partial charge >= 0.3 is 0 Å². The Kier molecular flexibility index (Phi) is 8.97. The van der Waals surface area contributed by atoms with E-state index in [1.165, 1.54) is 6.92 Å². The number of aliphatic hydroxyl groups is 1. The molecule has 0 saturated heterocycles. The first-order chi connectivity index (χ1) is 14.4. The Labute approximate surface area is 175 Å². The smallest absolute Gasteiger partial charge is 0.243 e. The molecule has 1 heterocycles. The summed E-state index contributed by atoms with van der Waals surface area (Å²) < 4.78 is 0. The number of benzene rings is 1. The second-order valence-corrected chi connectivity index (χ2v) is 7.37. The van der Waals surface area contributed by atoms with E-state index in [-0.39, 0.29) is 5.78 Å². The molecule has 1 unspecified atom stereocenters. The van der Waals surface area contributed by atoms with Gasteiger partial charge in [0.25, 0.3) is 0 Å². The number of fused-ring (bicyclic) bond motifs is 1. The third-order valence-corrected chi connectivity index (χ3v) is 5.02. The lowest BCUT2D eigenvalue weighted by atomic mass is 10.0. The third kappa shape index (κ3) is 6.38. The molecule has 30 heavy (non-hydrogen) atoms. The molecular formula is C21H31N5O4. The fraction of sp³-hybridized carbons (Fsp3) is 0.476. The molecule has 0 bridgehead atoms. The summed E-state index contributed by atoms with van der Waals surface area (Å²) in [5.74, 6) is -1.36. The summed E-state index contributed by atoms with van der Waals surface area (Å²) in [6.45, 7) is 1.24. The van der Waals surface area contributed by atoms with Crippen molar-refractivity contribution >= 4 is 28.5 Å². The number of aliphatic hydroxyl groups excluding tert-OH is 1. The van der Waals surface area contributed by atoms with Gasteiger partial charge in [-0.2, -0.15) is 0 Å². The van der Waals surface area contributed by atoms with Crippen LogP contribution >= 0.6 is 0 Å². The van der Waals surface area contributed by atoms with E-state index in [0.717, 1.165) is 16.5 Å². The van der Waals surface area contributed by atoms with E-state index in [0.29, 0.717) is 32.2 Å². The maximum Gasteiger partial charge on any atom is 0.243 e. The quantitative estimate of drug-likeness (QED) is 0.260. The number of amides is 2. The summed E-state index contributed by atoms with van der Waals surface area (Å²) in [7, 11) is 0. The number of hydrogen-bond acceptors (Lipinski definition) is 6. The van der Waals surface area contributed by atoms with Crippen LogP contribution < -0.4 is 22.1 Å². The van der Waals surface area contributed by atoms with Gasteiger partial charge in [-0.15, -0.1) is 0 Å². The number of ketones is 1. The Morgan fingerprint density at radius 1 is 1.10 bits per heavy atom. The van der Waals surface area contributed by atoms with Gasteiger partial charge in [0, 0.05) is 17.1 Å². The Bertz CT molecular complexity index is 866. The first kappa shape index (κ1) is 23.5. The van der Waals surface area contributed by atoms with Crippen molar-refractivity contribution in [3.05, 3.63) is 36.0 Å². The predicted octanol–water partition coefficient (Wildman–Crippen LogP) is -0.282. The zero-order valence-electron chi connectivity index (χ0n) is 17.2. The van der Waals surface area contributed by atoms with E-state index in [9.17, 15) is 19.5 Å². The van der Waals surface area contributed by atoms with Crippen molar-refractivity contribution in [2.45, 2.75) is 50.7 Å². The lowest BCUT2D eigenvalue weighted by molar-refractivity contribution is -0.132. The molecule has 0 aliphatic rings. The molecule has 1 aromatic heterocycles. The number of para-hydroxylation sites is 1. The van der Waals surface area contributed by atoms with Gasteiger partial charge in [0.05, 0.1) is 12.6 Å². The normalized spacial score (nSPS) is 14.1. The van der Waals surface area contributed by atoms with Gasteiger partial charge in [0.1, 0.15) is 12.1 Å². The number of hydrogen-bond donors (Lipinski definition) is 6. The number of nitrogens with one attached hydrogen (secondary N) is 3. The van der Waals surface area contributed by atoms with Gasteiger partial charge in [-0.25, -0.2) is 0 Å². The largest absolute Gasteiger partial charge is 0.394 e. The number of Topliss-reactive ketones (excluding diaryl/α,β-unsaturated/α-hetero) is 1. The van der Waals surface area contributed by atoms with Gasteiger partial charge in [-0.3, -0.25) is 14.4 Å². The number of aromatic nitrogens is 1. The molecular weight excluding hydrogens is 386 g/mol. The van der Waals surface area contributed by atoms with Crippen LogP contribution in [0.5, 0.6) is 0 Å². The van der Waals surface area contributed by atoms with Crippen LogP contribution in [0.4, 0.5) is 0 Å². The van der Waals surface area contributed by atoms with Gasteiger partial charge in [-0.1, -0.05) is 18.2 Å². The van der Waals surface area contributed by atoms with Crippen molar-refractivity contribution in [3.8, 4) is 0 Å². The standard InChI is InChI=1S/C21H31N5O4/c1-13(28)19(12-27)26-21(30)18(8-4-5-9-22)25-20(29)16(23)10-14-11-24-17-7-3-2-6-15(14)17/h2-3,6-7,11,16,18-19,24,27H,4-5,8-10,12,22-23H2,1H3,(H,25,29)(H,26,30)/t16-,18?,19+/m0/s1. The molecule has 0 saturated carbocycles. The van der Waals surface area contributed by atoms with Gasteiger partial charge in [0.15, 0.2) is 5.78 Å². The Hall–Kier alpha value is -2.75. The summed E-state index contributed by atoms with van der Waals surface area (Å²) >= 11 is 0. The predicted molar refractivity (Wildman–Crippen MR) is 115 cm³/mol. The minimum Gasteiger partial charge on any atom is -0.394 e. The van der Waals surface area contributed by atoms with Crippen molar-refractivity contribution in [3.63, 3.8) is 0 Å². The van der Waals surface area contributed by atoms with Gasteiger partial charge in [-0.05, 0) is 50.8 Å². The minimum atomic E-state index is -1.01. The molecule has 8 N–H and O–H groups in total.